The van der Waals surface area contributed by atoms with Crippen LogP contribution in [0.2, 0.25) is 0 Å². The van der Waals surface area contributed by atoms with Gasteiger partial charge in [-0.1, -0.05) is 0 Å². The van der Waals surface area contributed by atoms with Crippen LogP contribution in [0.3, 0.4) is 0 Å². The van der Waals surface area contributed by atoms with Crippen molar-refractivity contribution in [1.82, 2.24) is 0 Å². The third kappa shape index (κ3) is 4.82. The fourth-order valence-electron chi connectivity index (χ4n) is 0.493. The van der Waals surface area contributed by atoms with Gasteiger partial charge >= 0.3 is 36.7 Å². The summed E-state index contributed by atoms with van der Waals surface area (Å²) in [5, 5.41) is -13.6. The number of hydrogen-bond acceptors (Lipinski definition) is 4. The largest absolute Gasteiger partial charge is 0.439 e. The summed E-state index contributed by atoms with van der Waals surface area (Å²) in [7, 11) is -14.1. The summed E-state index contributed by atoms with van der Waals surface area (Å²) in [6, 6.07) is 0. The fraction of sp³-hybridized carbons (Fsp3) is 1.00. The van der Waals surface area contributed by atoms with E-state index in [4.69, 9.17) is 9.11 Å². The maximum absolute atomic E-state index is 12.4. The van der Waals surface area contributed by atoms with E-state index in [1.54, 1.807) is 0 Å². The molecule has 0 aliphatic rings. The fourth-order valence-corrected chi connectivity index (χ4v) is 1.46. The van der Waals surface area contributed by atoms with Crippen LogP contribution in [0, 0.1) is 0 Å². The first-order chi connectivity index (χ1) is 7.00. The first-order valence-electron chi connectivity index (χ1n) is 3.07. The molecule has 0 aromatic rings. The first kappa shape index (κ1) is 26.6. The van der Waals surface area contributed by atoms with Crippen molar-refractivity contribution in [2.75, 3.05) is 0 Å². The summed E-state index contributed by atoms with van der Waals surface area (Å²) in [6.45, 7) is 0. The zero-order chi connectivity index (χ0) is 14.5. The zero-order valence-corrected chi connectivity index (χ0v) is 17.0. The number of rotatable bonds is 4. The maximum Gasteiger partial charge on any atom is 0.439 e. The molecular formula is C3H2F6K2O6S2. The van der Waals surface area contributed by atoms with Crippen LogP contribution in [0.4, 0.5) is 26.3 Å². The van der Waals surface area contributed by atoms with Crippen molar-refractivity contribution in [1.29, 1.82) is 0 Å². The van der Waals surface area contributed by atoms with Crippen molar-refractivity contribution < 1.29 is 52.3 Å². The van der Waals surface area contributed by atoms with E-state index < -0.39 is 36.7 Å². The first-order valence-corrected chi connectivity index (χ1v) is 5.95. The molecule has 0 saturated carbocycles. The van der Waals surface area contributed by atoms with Crippen LogP contribution < -0.4 is 0 Å². The van der Waals surface area contributed by atoms with Gasteiger partial charge < -0.3 is 0 Å². The van der Waals surface area contributed by atoms with E-state index in [-0.39, 0.29) is 103 Å². The van der Waals surface area contributed by atoms with Gasteiger partial charge in [-0.05, 0) is 0 Å². The average Bonchev–Trinajstić information content (AvgIpc) is 1.98. The molecule has 0 rings (SSSR count). The molecule has 0 amide bonds. The summed E-state index contributed by atoms with van der Waals surface area (Å²) in [5.41, 5.74) is 0. The van der Waals surface area contributed by atoms with Gasteiger partial charge in [0.15, 0.2) is 0 Å². The van der Waals surface area contributed by atoms with Gasteiger partial charge in [-0.15, -0.1) is 0 Å². The van der Waals surface area contributed by atoms with E-state index >= 15 is 0 Å². The minimum Gasteiger partial charge on any atom is -0.281 e. The standard InChI is InChI=1S/C3H2F6O6S2.2K/c4-1(5,2(6,7)16(10,11)12)3(8,9)17(13,14)15;;/h(H,10,11,12)(H,13,14,15);;. The molecule has 0 unspecified atom stereocenters. The van der Waals surface area contributed by atoms with E-state index in [1.165, 1.54) is 0 Å². The topological polar surface area (TPSA) is 109 Å². The van der Waals surface area contributed by atoms with Crippen LogP contribution in [-0.4, -0.2) is 145 Å². The Balaban J connectivity index is -0.00000128. The predicted molar refractivity (Wildman–Crippen MR) is 49.4 cm³/mol. The molecule has 0 heterocycles. The summed E-state index contributed by atoms with van der Waals surface area (Å²) >= 11 is 0. The Labute approximate surface area is 188 Å². The van der Waals surface area contributed by atoms with Gasteiger partial charge in [0.2, 0.25) is 0 Å². The molecule has 0 fully saturated rings. The van der Waals surface area contributed by atoms with Crippen LogP contribution >= 0.6 is 0 Å². The molecule has 0 atom stereocenters. The molecule has 0 saturated heterocycles. The minimum absolute atomic E-state index is 0. The zero-order valence-electron chi connectivity index (χ0n) is 9.11. The summed E-state index contributed by atoms with van der Waals surface area (Å²) in [6.07, 6.45) is 0. The Morgan fingerprint density at radius 2 is 0.789 bits per heavy atom. The predicted octanol–water partition coefficient (Wildman–Crippen LogP) is -0.179. The maximum atomic E-state index is 12.4. The van der Waals surface area contributed by atoms with E-state index in [0.717, 1.165) is 0 Å². The van der Waals surface area contributed by atoms with Gasteiger partial charge in [0.1, 0.15) is 0 Å². The molecule has 0 aliphatic carbocycles. The van der Waals surface area contributed by atoms with Gasteiger partial charge in [-0.2, -0.15) is 43.2 Å². The average molecular weight is 390 g/mol. The second kappa shape index (κ2) is 7.49. The third-order valence-electron chi connectivity index (χ3n) is 1.38. The molecule has 0 aromatic heterocycles. The van der Waals surface area contributed by atoms with Gasteiger partial charge in [0.25, 0.3) is 0 Å². The quantitative estimate of drug-likeness (QED) is 0.392. The summed E-state index contributed by atoms with van der Waals surface area (Å²) in [5.74, 6) is -7.08. The van der Waals surface area contributed by atoms with E-state index in [0.29, 0.717) is 0 Å². The molecule has 2 radical (unpaired) electrons. The van der Waals surface area contributed by atoms with Crippen LogP contribution in [0.15, 0.2) is 0 Å². The van der Waals surface area contributed by atoms with Gasteiger partial charge in [-0.3, -0.25) is 9.11 Å². The monoisotopic (exact) mass is 390 g/mol. The number of alkyl halides is 6. The van der Waals surface area contributed by atoms with E-state index in [1.807, 2.05) is 0 Å². The number of hydrogen-bond donors (Lipinski definition) is 2. The van der Waals surface area contributed by atoms with Crippen molar-refractivity contribution in [3.8, 4) is 0 Å². The van der Waals surface area contributed by atoms with Crippen LogP contribution in [0.5, 0.6) is 0 Å². The van der Waals surface area contributed by atoms with Gasteiger partial charge in [0, 0.05) is 103 Å². The minimum atomic E-state index is -7.08. The normalized spacial score (nSPS) is 14.3. The SMILES string of the molecule is O=S(=O)(O)C(F)(F)C(F)(F)C(F)(F)S(=O)(=O)O.[K].[K]. The van der Waals surface area contributed by atoms with Crippen molar-refractivity contribution in [2.45, 2.75) is 16.4 Å². The molecule has 0 aliphatic heterocycles. The smallest absolute Gasteiger partial charge is 0.281 e. The van der Waals surface area contributed by atoms with Crippen LogP contribution in [0.1, 0.15) is 0 Å². The van der Waals surface area contributed by atoms with Crippen molar-refractivity contribution in [2.24, 2.45) is 0 Å². The Morgan fingerprint density at radius 1 is 0.632 bits per heavy atom. The van der Waals surface area contributed by atoms with Gasteiger partial charge in [0.05, 0.1) is 0 Å². The van der Waals surface area contributed by atoms with Crippen LogP contribution in [-0.2, 0) is 20.2 Å². The Hall–Kier alpha value is 2.67. The Kier molecular flexibility index (Phi) is 10.5. The Morgan fingerprint density at radius 3 is 0.895 bits per heavy atom. The van der Waals surface area contributed by atoms with Crippen molar-refractivity contribution in [3.05, 3.63) is 0 Å². The molecular weight excluding hydrogens is 388 g/mol. The molecule has 19 heavy (non-hydrogen) atoms. The molecule has 0 spiro atoms. The molecule has 0 aromatic carbocycles. The second-order valence-electron chi connectivity index (χ2n) is 2.56. The molecule has 2 N–H and O–H groups in total. The Bertz CT molecular complexity index is 467. The van der Waals surface area contributed by atoms with E-state index in [2.05, 4.69) is 0 Å². The summed E-state index contributed by atoms with van der Waals surface area (Å²) in [4.78, 5) is 0. The van der Waals surface area contributed by atoms with Crippen molar-refractivity contribution in [3.63, 3.8) is 0 Å². The molecule has 0 bridgehead atoms. The van der Waals surface area contributed by atoms with Crippen LogP contribution in [0.25, 0.3) is 0 Å². The molecule has 16 heteroatoms. The van der Waals surface area contributed by atoms with Crippen molar-refractivity contribution >= 4 is 123 Å². The second-order valence-corrected chi connectivity index (χ2v) is 5.48. The third-order valence-corrected chi connectivity index (χ3v) is 3.19. The van der Waals surface area contributed by atoms with E-state index in [9.17, 15) is 43.2 Å². The van der Waals surface area contributed by atoms with Gasteiger partial charge in [-0.25, -0.2) is 0 Å². The molecule has 6 nitrogen and oxygen atoms in total. The molecule has 106 valence electrons. The summed E-state index contributed by atoms with van der Waals surface area (Å²) < 4.78 is 128. The number of halogens is 6.